The highest BCUT2D eigenvalue weighted by Gasteiger charge is 2.27. The van der Waals surface area contributed by atoms with Gasteiger partial charge in [-0.3, -0.25) is 14.2 Å². The van der Waals surface area contributed by atoms with Crippen molar-refractivity contribution < 1.29 is 37.3 Å². The number of carbonyl (C=O) groups is 2. The molecule has 0 radical (unpaired) electrons. The third kappa shape index (κ3) is 55.5. The molecule has 0 aromatic rings. The van der Waals surface area contributed by atoms with Crippen LogP contribution in [-0.2, 0) is 27.9 Å². The summed E-state index contributed by atoms with van der Waals surface area (Å²) in [6, 6.07) is -0.878. The number of amides is 1. The molecule has 0 rings (SSSR count). The van der Waals surface area contributed by atoms with Crippen molar-refractivity contribution >= 4 is 19.7 Å². The van der Waals surface area contributed by atoms with Crippen LogP contribution in [0.15, 0.2) is 12.2 Å². The van der Waals surface area contributed by atoms with E-state index in [0.29, 0.717) is 17.4 Å². The van der Waals surface area contributed by atoms with Crippen molar-refractivity contribution in [2.24, 2.45) is 0 Å². The van der Waals surface area contributed by atoms with Crippen LogP contribution in [-0.4, -0.2) is 69.4 Å². The molecule has 0 aromatic carbocycles. The number of rotatable bonds is 60. The molecule has 1 amide bonds. The molecule has 3 atom stereocenters. The van der Waals surface area contributed by atoms with E-state index < -0.39 is 20.0 Å². The SMILES string of the molecule is CCCCCCCCCCCC/C=C\C(OC(=O)CCCCCCCCCCCCCCCCCCCCCCCCCCC)C(COP(=O)([O-])OCC[N+](C)(C)C)NC(=O)CCCCCCCCCCCCC. The molecule has 10 heteroatoms. The first-order valence-electron chi connectivity index (χ1n) is 32.5. The number of nitrogens with one attached hydrogen (secondary N) is 1. The lowest BCUT2D eigenvalue weighted by atomic mass is 10.0. The number of allylic oxidation sites excluding steroid dienone is 1. The molecule has 1 N–H and O–H groups in total. The van der Waals surface area contributed by atoms with Gasteiger partial charge in [-0.1, -0.05) is 303 Å². The van der Waals surface area contributed by atoms with Gasteiger partial charge in [0.2, 0.25) is 5.91 Å². The highest BCUT2D eigenvalue weighted by atomic mass is 31.2. The number of hydrogen-bond acceptors (Lipinski definition) is 7. The maximum absolute atomic E-state index is 13.5. The lowest BCUT2D eigenvalue weighted by molar-refractivity contribution is -0.870. The van der Waals surface area contributed by atoms with E-state index in [9.17, 15) is 19.0 Å². The van der Waals surface area contributed by atoms with Crippen LogP contribution < -0.4 is 10.2 Å². The third-order valence-corrected chi connectivity index (χ3v) is 15.9. The summed E-state index contributed by atoms with van der Waals surface area (Å²) in [6.45, 7) is 6.89. The van der Waals surface area contributed by atoms with Gasteiger partial charge in [0, 0.05) is 12.8 Å². The highest BCUT2D eigenvalue weighted by molar-refractivity contribution is 7.45. The van der Waals surface area contributed by atoms with E-state index in [1.165, 1.54) is 244 Å². The molecule has 0 aromatic heterocycles. The highest BCUT2D eigenvalue weighted by Crippen LogP contribution is 2.38. The van der Waals surface area contributed by atoms with Crippen LogP contribution in [0.25, 0.3) is 0 Å². The molecule has 0 aliphatic carbocycles. The molecule has 0 saturated carbocycles. The minimum absolute atomic E-state index is 0.0169. The molecule has 0 fully saturated rings. The molecule has 0 saturated heterocycles. The summed E-state index contributed by atoms with van der Waals surface area (Å²) in [5.41, 5.74) is 0. The molecule has 0 aliphatic rings. The van der Waals surface area contributed by atoms with Crippen molar-refractivity contribution in [3.8, 4) is 0 Å². The Morgan fingerprint density at radius 2 is 0.770 bits per heavy atom. The number of quaternary nitrogens is 1. The second kappa shape index (κ2) is 55.1. The van der Waals surface area contributed by atoms with E-state index in [1.807, 2.05) is 33.3 Å². The Kier molecular flexibility index (Phi) is 54.1. The van der Waals surface area contributed by atoms with Crippen LogP contribution in [0.1, 0.15) is 335 Å². The van der Waals surface area contributed by atoms with Crippen LogP contribution in [0, 0.1) is 0 Å². The number of unbranched alkanes of at least 4 members (excludes halogenated alkanes) is 44. The summed E-state index contributed by atoms with van der Waals surface area (Å²) >= 11 is 0. The minimum atomic E-state index is -4.69. The van der Waals surface area contributed by atoms with Gasteiger partial charge in [-0.25, -0.2) is 0 Å². The summed E-state index contributed by atoms with van der Waals surface area (Å²) in [4.78, 5) is 39.9. The monoisotopic (exact) mass is 1070 g/mol. The van der Waals surface area contributed by atoms with E-state index in [1.54, 1.807) is 0 Å². The summed E-state index contributed by atoms with van der Waals surface area (Å²) in [6.07, 6.45) is 63.4. The predicted octanol–water partition coefficient (Wildman–Crippen LogP) is 19.3. The van der Waals surface area contributed by atoms with Gasteiger partial charge in [0.05, 0.1) is 33.8 Å². The fourth-order valence-electron chi connectivity index (χ4n) is 9.94. The summed E-state index contributed by atoms with van der Waals surface area (Å²) in [5, 5.41) is 3.03. The lowest BCUT2D eigenvalue weighted by Crippen LogP contribution is -2.47. The van der Waals surface area contributed by atoms with E-state index in [-0.39, 0.29) is 31.5 Å². The van der Waals surface area contributed by atoms with Crippen molar-refractivity contribution in [2.45, 2.75) is 348 Å². The van der Waals surface area contributed by atoms with Crippen molar-refractivity contribution in [2.75, 3.05) is 40.9 Å². The van der Waals surface area contributed by atoms with Gasteiger partial charge in [0.1, 0.15) is 19.3 Å². The fourth-order valence-corrected chi connectivity index (χ4v) is 10.7. The number of hydrogen-bond donors (Lipinski definition) is 1. The normalized spacial score (nSPS) is 13.7. The molecule has 440 valence electrons. The number of esters is 1. The number of carbonyl (C=O) groups excluding carboxylic acids is 2. The molecule has 0 bridgehead atoms. The van der Waals surface area contributed by atoms with Gasteiger partial charge in [0.15, 0.2) is 0 Å². The maximum atomic E-state index is 13.5. The Labute approximate surface area is 461 Å². The van der Waals surface area contributed by atoms with Gasteiger partial charge in [-0.05, 0) is 31.8 Å². The van der Waals surface area contributed by atoms with Crippen LogP contribution in [0.4, 0.5) is 0 Å². The number of nitrogens with zero attached hydrogens (tertiary/aromatic N) is 1. The van der Waals surface area contributed by atoms with Crippen LogP contribution >= 0.6 is 7.82 Å². The Hall–Kier alpha value is -1.25. The number of phosphoric ester groups is 1. The first-order valence-corrected chi connectivity index (χ1v) is 34.0. The van der Waals surface area contributed by atoms with Gasteiger partial charge in [-0.2, -0.15) is 0 Å². The van der Waals surface area contributed by atoms with Crippen molar-refractivity contribution in [1.82, 2.24) is 5.32 Å². The van der Waals surface area contributed by atoms with Crippen molar-refractivity contribution in [3.63, 3.8) is 0 Å². The van der Waals surface area contributed by atoms with Crippen molar-refractivity contribution in [1.29, 1.82) is 0 Å². The predicted molar refractivity (Wildman–Crippen MR) is 317 cm³/mol. The summed E-state index contributed by atoms with van der Waals surface area (Å²) in [5.74, 6) is -0.521. The van der Waals surface area contributed by atoms with Crippen LogP contribution in [0.2, 0.25) is 0 Å². The van der Waals surface area contributed by atoms with E-state index in [0.717, 1.165) is 57.8 Å². The fraction of sp³-hybridized carbons (Fsp3) is 0.938. The van der Waals surface area contributed by atoms with Crippen LogP contribution in [0.3, 0.4) is 0 Å². The maximum Gasteiger partial charge on any atom is 0.306 e. The Morgan fingerprint density at radius 1 is 0.459 bits per heavy atom. The molecular formula is C64H127N2O7P. The molecule has 3 unspecified atom stereocenters. The summed E-state index contributed by atoms with van der Waals surface area (Å²) in [7, 11) is 1.21. The minimum Gasteiger partial charge on any atom is -0.756 e. The van der Waals surface area contributed by atoms with Gasteiger partial charge >= 0.3 is 5.97 Å². The topological polar surface area (TPSA) is 114 Å². The average molecular weight is 1070 g/mol. The standard InChI is InChI=1S/C64H127N2O7P/c1-7-10-13-16-19-22-25-27-28-29-30-31-32-33-34-35-36-37-38-39-42-45-48-51-54-57-64(68)73-62(55-52-49-46-43-41-26-23-20-17-14-11-8-2)61(60-72-74(69,70)71-59-58-66(4,5)6)65-63(67)56-53-50-47-44-40-24-21-18-15-12-9-3/h52,55,61-62H,7-51,53-54,56-60H2,1-6H3,(H-,65,67,69,70)/b55-52-. The molecule has 74 heavy (non-hydrogen) atoms. The van der Waals surface area contributed by atoms with E-state index in [2.05, 4.69) is 26.1 Å². The first-order chi connectivity index (χ1) is 35.9. The number of likely N-dealkylation sites (N-methyl/N-ethyl adjacent to an activating group) is 1. The third-order valence-electron chi connectivity index (χ3n) is 15.0. The second-order valence-electron chi connectivity index (χ2n) is 23.6. The Bertz CT molecular complexity index is 1270. The van der Waals surface area contributed by atoms with E-state index in [4.69, 9.17) is 13.8 Å². The zero-order valence-electron chi connectivity index (χ0n) is 50.3. The second-order valence-corrected chi connectivity index (χ2v) is 25.0. The van der Waals surface area contributed by atoms with Gasteiger partial charge < -0.3 is 28.5 Å². The van der Waals surface area contributed by atoms with Gasteiger partial charge in [0.25, 0.3) is 7.82 Å². The molecule has 0 aliphatic heterocycles. The van der Waals surface area contributed by atoms with E-state index >= 15 is 0 Å². The van der Waals surface area contributed by atoms with Gasteiger partial charge in [-0.15, -0.1) is 0 Å². The first kappa shape index (κ1) is 72.8. The zero-order valence-corrected chi connectivity index (χ0v) is 51.2. The Balaban J connectivity index is 4.98. The lowest BCUT2D eigenvalue weighted by Gasteiger charge is -2.30. The Morgan fingerprint density at radius 3 is 1.11 bits per heavy atom. The molecule has 0 spiro atoms. The smallest absolute Gasteiger partial charge is 0.306 e. The molecule has 0 heterocycles. The quantitative estimate of drug-likeness (QED) is 0.0212. The molecular weight excluding hydrogens is 940 g/mol. The zero-order chi connectivity index (χ0) is 54.3. The average Bonchev–Trinajstić information content (AvgIpc) is 3.36. The number of ether oxygens (including phenoxy) is 1. The molecule has 9 nitrogen and oxygen atoms in total. The largest absolute Gasteiger partial charge is 0.756 e. The summed E-state index contributed by atoms with van der Waals surface area (Å²) < 4.78 is 30.3. The number of phosphoric acid groups is 1. The van der Waals surface area contributed by atoms with Crippen molar-refractivity contribution in [3.05, 3.63) is 12.2 Å². The van der Waals surface area contributed by atoms with Crippen LogP contribution in [0.5, 0.6) is 0 Å².